The fourth-order valence-corrected chi connectivity index (χ4v) is 3.72. The first-order valence-corrected chi connectivity index (χ1v) is 8.72. The quantitative estimate of drug-likeness (QED) is 0.648. The van der Waals surface area contributed by atoms with Gasteiger partial charge in [-0.1, -0.05) is 60.7 Å². The molecule has 2 aliphatic heterocycles. The number of hydrazone groups is 1. The van der Waals surface area contributed by atoms with Gasteiger partial charge < -0.3 is 4.74 Å². The molecule has 128 valence electrons. The highest BCUT2D eigenvalue weighted by Gasteiger charge is 2.40. The van der Waals surface area contributed by atoms with Crippen LogP contribution in [0.5, 0.6) is 5.75 Å². The van der Waals surface area contributed by atoms with Crippen LogP contribution in [0.25, 0.3) is 0 Å². The third kappa shape index (κ3) is 2.46. The van der Waals surface area contributed by atoms with Crippen LogP contribution in [0, 0.1) is 5.82 Å². The van der Waals surface area contributed by atoms with Gasteiger partial charge in [0.05, 0.1) is 11.8 Å². The van der Waals surface area contributed by atoms with E-state index in [0.29, 0.717) is 0 Å². The Hall–Kier alpha value is -3.14. The van der Waals surface area contributed by atoms with E-state index in [-0.39, 0.29) is 11.9 Å². The Kier molecular flexibility index (Phi) is 3.49. The van der Waals surface area contributed by atoms with Crippen molar-refractivity contribution in [2.45, 2.75) is 18.7 Å². The minimum atomic E-state index is -0.438. The number of fused-ring (bicyclic) bond motifs is 3. The Labute approximate surface area is 151 Å². The smallest absolute Gasteiger partial charge is 0.213 e. The SMILES string of the molecule is Fc1cccc([C@H]2Oc3ccccc3[C@@H]3CC(c4ccccc4)=NN23)c1. The summed E-state index contributed by atoms with van der Waals surface area (Å²) >= 11 is 0. The zero-order valence-corrected chi connectivity index (χ0v) is 14.0. The number of ether oxygens (including phenoxy) is 1. The first-order valence-electron chi connectivity index (χ1n) is 8.72. The molecule has 0 N–H and O–H groups in total. The van der Waals surface area contributed by atoms with E-state index in [9.17, 15) is 4.39 Å². The van der Waals surface area contributed by atoms with Crippen LogP contribution in [0.4, 0.5) is 4.39 Å². The molecule has 0 amide bonds. The average Bonchev–Trinajstić information content (AvgIpc) is 3.14. The summed E-state index contributed by atoms with van der Waals surface area (Å²) in [7, 11) is 0. The van der Waals surface area contributed by atoms with E-state index in [1.54, 1.807) is 6.07 Å². The minimum Gasteiger partial charge on any atom is -0.464 e. The van der Waals surface area contributed by atoms with Gasteiger partial charge in [0.1, 0.15) is 11.6 Å². The van der Waals surface area contributed by atoms with Crippen molar-refractivity contribution in [3.63, 3.8) is 0 Å². The Balaban J connectivity index is 1.61. The standard InChI is InChI=1S/C22H17FN2O/c23-17-10-6-9-16(13-17)22-25-20(18-11-4-5-12-21(18)26-22)14-19(24-25)15-7-2-1-3-8-15/h1-13,20,22H,14H2/t20-,22+/m0/s1. The lowest BCUT2D eigenvalue weighted by Gasteiger charge is -2.38. The Morgan fingerprint density at radius 1 is 0.923 bits per heavy atom. The monoisotopic (exact) mass is 344 g/mol. The summed E-state index contributed by atoms with van der Waals surface area (Å²) in [6.45, 7) is 0. The van der Waals surface area contributed by atoms with Crippen LogP contribution in [0.3, 0.4) is 0 Å². The number of nitrogens with zero attached hydrogens (tertiary/aromatic N) is 2. The predicted molar refractivity (Wildman–Crippen MR) is 98.4 cm³/mol. The molecule has 2 heterocycles. The summed E-state index contributed by atoms with van der Waals surface area (Å²) in [6.07, 6.45) is 0.364. The van der Waals surface area contributed by atoms with Crippen LogP contribution >= 0.6 is 0 Å². The predicted octanol–water partition coefficient (Wildman–Crippen LogP) is 5.07. The molecule has 2 aliphatic rings. The molecule has 0 aliphatic carbocycles. The van der Waals surface area contributed by atoms with E-state index < -0.39 is 6.23 Å². The molecule has 0 saturated heterocycles. The molecular weight excluding hydrogens is 327 g/mol. The fourth-order valence-electron chi connectivity index (χ4n) is 3.72. The summed E-state index contributed by atoms with van der Waals surface area (Å²) in [6, 6.07) is 24.9. The molecule has 0 aromatic heterocycles. The van der Waals surface area contributed by atoms with E-state index in [1.165, 1.54) is 12.1 Å². The lowest BCUT2D eigenvalue weighted by atomic mass is 9.96. The first kappa shape index (κ1) is 15.1. The molecular formula is C22H17FN2O. The minimum absolute atomic E-state index is 0.0865. The van der Waals surface area contributed by atoms with Crippen molar-refractivity contribution in [3.05, 3.63) is 101 Å². The highest BCUT2D eigenvalue weighted by molar-refractivity contribution is 6.01. The number of rotatable bonds is 2. The van der Waals surface area contributed by atoms with Gasteiger partial charge in [0.2, 0.25) is 6.23 Å². The highest BCUT2D eigenvalue weighted by atomic mass is 19.1. The van der Waals surface area contributed by atoms with E-state index in [0.717, 1.165) is 34.6 Å². The van der Waals surface area contributed by atoms with Crippen LogP contribution < -0.4 is 4.74 Å². The summed E-state index contributed by atoms with van der Waals surface area (Å²) in [5, 5.41) is 6.84. The Morgan fingerprint density at radius 2 is 1.73 bits per heavy atom. The van der Waals surface area contributed by atoms with E-state index in [1.807, 2.05) is 47.5 Å². The maximum atomic E-state index is 13.8. The summed E-state index contributed by atoms with van der Waals surface area (Å²) in [4.78, 5) is 0. The molecule has 3 aromatic rings. The Bertz CT molecular complexity index is 986. The normalized spacial score (nSPS) is 20.8. The lowest BCUT2D eigenvalue weighted by molar-refractivity contribution is -0.0192. The van der Waals surface area contributed by atoms with Crippen LogP contribution in [0.15, 0.2) is 84.0 Å². The van der Waals surface area contributed by atoms with E-state index in [2.05, 4.69) is 18.2 Å². The third-order valence-corrected chi connectivity index (χ3v) is 4.94. The topological polar surface area (TPSA) is 24.8 Å². The van der Waals surface area contributed by atoms with Gasteiger partial charge in [0, 0.05) is 17.5 Å². The molecule has 3 aromatic carbocycles. The van der Waals surface area contributed by atoms with Crippen molar-refractivity contribution in [3.8, 4) is 5.75 Å². The van der Waals surface area contributed by atoms with Gasteiger partial charge in [-0.2, -0.15) is 5.10 Å². The van der Waals surface area contributed by atoms with Crippen LogP contribution in [-0.2, 0) is 0 Å². The van der Waals surface area contributed by atoms with E-state index in [4.69, 9.17) is 9.84 Å². The molecule has 4 heteroatoms. The molecule has 0 unspecified atom stereocenters. The number of hydrogen-bond acceptors (Lipinski definition) is 3. The maximum Gasteiger partial charge on any atom is 0.213 e. The zero-order chi connectivity index (χ0) is 17.5. The van der Waals surface area contributed by atoms with Crippen molar-refractivity contribution in [2.24, 2.45) is 5.10 Å². The number of benzene rings is 3. The highest BCUT2D eigenvalue weighted by Crippen LogP contribution is 2.47. The molecule has 26 heavy (non-hydrogen) atoms. The van der Waals surface area contributed by atoms with Crippen molar-refractivity contribution in [2.75, 3.05) is 0 Å². The van der Waals surface area contributed by atoms with Gasteiger partial charge in [0.25, 0.3) is 0 Å². The molecule has 0 saturated carbocycles. The number of hydrogen-bond donors (Lipinski definition) is 0. The second kappa shape index (κ2) is 5.99. The van der Waals surface area contributed by atoms with Gasteiger partial charge in [-0.3, -0.25) is 0 Å². The van der Waals surface area contributed by atoms with Crippen molar-refractivity contribution in [1.82, 2.24) is 5.01 Å². The molecule has 0 radical (unpaired) electrons. The van der Waals surface area contributed by atoms with E-state index >= 15 is 0 Å². The lowest BCUT2D eigenvalue weighted by Crippen LogP contribution is -2.33. The summed E-state index contributed by atoms with van der Waals surface area (Å²) in [5.74, 6) is 0.570. The summed E-state index contributed by atoms with van der Waals surface area (Å²) < 4.78 is 20.0. The third-order valence-electron chi connectivity index (χ3n) is 4.94. The van der Waals surface area contributed by atoms with Gasteiger partial charge >= 0.3 is 0 Å². The largest absolute Gasteiger partial charge is 0.464 e. The maximum absolute atomic E-state index is 13.8. The molecule has 0 bridgehead atoms. The molecule has 0 fully saturated rings. The zero-order valence-electron chi connectivity index (χ0n) is 14.0. The fraction of sp³-hybridized carbons (Fsp3) is 0.136. The van der Waals surface area contributed by atoms with Crippen molar-refractivity contribution < 1.29 is 9.13 Å². The molecule has 0 spiro atoms. The Morgan fingerprint density at radius 3 is 2.58 bits per heavy atom. The second-order valence-corrected chi connectivity index (χ2v) is 6.58. The molecule has 5 rings (SSSR count). The summed E-state index contributed by atoms with van der Waals surface area (Å²) in [5.41, 5.74) is 4.02. The van der Waals surface area contributed by atoms with Crippen LogP contribution in [-0.4, -0.2) is 10.7 Å². The van der Waals surface area contributed by atoms with Crippen molar-refractivity contribution in [1.29, 1.82) is 0 Å². The van der Waals surface area contributed by atoms with Gasteiger partial charge in [0.15, 0.2) is 0 Å². The molecule has 3 nitrogen and oxygen atoms in total. The first-order chi connectivity index (χ1) is 12.8. The van der Waals surface area contributed by atoms with Gasteiger partial charge in [-0.05, 0) is 23.8 Å². The van der Waals surface area contributed by atoms with Gasteiger partial charge in [-0.15, -0.1) is 0 Å². The second-order valence-electron chi connectivity index (χ2n) is 6.58. The van der Waals surface area contributed by atoms with Crippen LogP contribution in [0.1, 0.15) is 35.4 Å². The van der Waals surface area contributed by atoms with Crippen LogP contribution in [0.2, 0.25) is 0 Å². The average molecular weight is 344 g/mol. The number of halogens is 1. The molecule has 2 atom stereocenters. The van der Waals surface area contributed by atoms with Gasteiger partial charge in [-0.25, -0.2) is 9.40 Å². The number of para-hydroxylation sites is 1. The van der Waals surface area contributed by atoms with Crippen molar-refractivity contribution >= 4 is 5.71 Å².